The van der Waals surface area contributed by atoms with Gasteiger partial charge in [0.05, 0.1) is 5.56 Å². The number of aromatic nitrogens is 3. The fourth-order valence-corrected chi connectivity index (χ4v) is 4.70. The average molecular weight is 465 g/mol. The standard InChI is InChI=1S/C25H28N4O3S/c1-18-26-27-25(33-2)29(18)22-10-8-21(9-11-22)24(31)32-17-23(30)28-14-12-20(13-15-28)16-19-6-4-3-5-7-19/h3-11,20H,12-17H2,1-2H3. The van der Waals surface area contributed by atoms with Gasteiger partial charge in [-0.1, -0.05) is 42.1 Å². The predicted molar refractivity (Wildman–Crippen MR) is 128 cm³/mol. The second kappa shape index (κ2) is 10.7. The second-order valence-electron chi connectivity index (χ2n) is 8.21. The van der Waals surface area contributed by atoms with E-state index in [1.54, 1.807) is 17.0 Å². The summed E-state index contributed by atoms with van der Waals surface area (Å²) in [4.78, 5) is 26.8. The predicted octanol–water partition coefficient (Wildman–Crippen LogP) is 3.94. The summed E-state index contributed by atoms with van der Waals surface area (Å²) in [6.45, 7) is 3.06. The summed E-state index contributed by atoms with van der Waals surface area (Å²) in [5.41, 5.74) is 2.61. The monoisotopic (exact) mass is 464 g/mol. The van der Waals surface area contributed by atoms with Gasteiger partial charge in [-0.05, 0) is 68.2 Å². The number of benzene rings is 2. The van der Waals surface area contributed by atoms with Crippen molar-refractivity contribution in [3.05, 3.63) is 71.5 Å². The van der Waals surface area contributed by atoms with Crippen LogP contribution in [0, 0.1) is 12.8 Å². The molecule has 0 aliphatic carbocycles. The normalized spacial score (nSPS) is 14.3. The van der Waals surface area contributed by atoms with Crippen LogP contribution < -0.4 is 0 Å². The van der Waals surface area contributed by atoms with E-state index in [4.69, 9.17) is 4.74 Å². The third-order valence-corrected chi connectivity index (χ3v) is 6.63. The second-order valence-corrected chi connectivity index (χ2v) is 8.98. The van der Waals surface area contributed by atoms with Crippen molar-refractivity contribution >= 4 is 23.6 Å². The summed E-state index contributed by atoms with van der Waals surface area (Å²) in [5, 5.41) is 9.01. The Hall–Kier alpha value is -3.13. The highest BCUT2D eigenvalue weighted by Crippen LogP contribution is 2.22. The van der Waals surface area contributed by atoms with Crippen molar-refractivity contribution in [2.45, 2.75) is 31.3 Å². The van der Waals surface area contributed by atoms with E-state index in [1.165, 1.54) is 17.3 Å². The van der Waals surface area contributed by atoms with Gasteiger partial charge in [0.2, 0.25) is 0 Å². The molecule has 33 heavy (non-hydrogen) atoms. The molecule has 0 spiro atoms. The van der Waals surface area contributed by atoms with Crippen molar-refractivity contribution in [1.29, 1.82) is 0 Å². The number of carbonyl (C=O) groups is 2. The van der Waals surface area contributed by atoms with Crippen LogP contribution in [0.5, 0.6) is 0 Å². The van der Waals surface area contributed by atoms with Crippen LogP contribution in [0.3, 0.4) is 0 Å². The highest BCUT2D eigenvalue weighted by atomic mass is 32.2. The Balaban J connectivity index is 1.26. The molecule has 7 nitrogen and oxygen atoms in total. The number of rotatable bonds is 7. The number of hydrogen-bond acceptors (Lipinski definition) is 6. The Labute approximate surface area is 198 Å². The van der Waals surface area contributed by atoms with Crippen LogP contribution in [-0.4, -0.2) is 57.5 Å². The first-order valence-corrected chi connectivity index (χ1v) is 12.3. The van der Waals surface area contributed by atoms with E-state index in [0.29, 0.717) is 24.6 Å². The lowest BCUT2D eigenvalue weighted by atomic mass is 9.90. The van der Waals surface area contributed by atoms with Crippen LogP contribution in [0.25, 0.3) is 5.69 Å². The molecule has 172 valence electrons. The minimum atomic E-state index is -0.501. The summed E-state index contributed by atoms with van der Waals surface area (Å²) in [6.07, 6.45) is 4.92. The van der Waals surface area contributed by atoms with Gasteiger partial charge < -0.3 is 9.64 Å². The highest BCUT2D eigenvalue weighted by Gasteiger charge is 2.24. The Bertz CT molecular complexity index is 1090. The summed E-state index contributed by atoms with van der Waals surface area (Å²) in [6, 6.07) is 17.5. The van der Waals surface area contributed by atoms with Crippen LogP contribution in [0.15, 0.2) is 59.8 Å². The Kier molecular flexibility index (Phi) is 7.44. The first kappa shape index (κ1) is 23.0. The van der Waals surface area contributed by atoms with Crippen molar-refractivity contribution in [1.82, 2.24) is 19.7 Å². The highest BCUT2D eigenvalue weighted by molar-refractivity contribution is 7.98. The molecule has 0 saturated carbocycles. The van der Waals surface area contributed by atoms with Gasteiger partial charge in [-0.25, -0.2) is 4.79 Å². The fraction of sp³-hybridized carbons (Fsp3) is 0.360. The third kappa shape index (κ3) is 5.63. The minimum absolute atomic E-state index is 0.136. The Morgan fingerprint density at radius 2 is 1.73 bits per heavy atom. The lowest BCUT2D eigenvalue weighted by Crippen LogP contribution is -2.41. The van der Waals surface area contributed by atoms with Crippen molar-refractivity contribution in [3.63, 3.8) is 0 Å². The zero-order valence-electron chi connectivity index (χ0n) is 18.9. The van der Waals surface area contributed by atoms with Gasteiger partial charge in [0.15, 0.2) is 11.8 Å². The molecule has 1 saturated heterocycles. The molecule has 2 heterocycles. The van der Waals surface area contributed by atoms with E-state index in [-0.39, 0.29) is 12.5 Å². The van der Waals surface area contributed by atoms with Gasteiger partial charge in [-0.3, -0.25) is 9.36 Å². The minimum Gasteiger partial charge on any atom is -0.452 e. The number of ether oxygens (including phenoxy) is 1. The zero-order chi connectivity index (χ0) is 23.2. The van der Waals surface area contributed by atoms with Gasteiger partial charge in [0.1, 0.15) is 5.82 Å². The molecule has 2 aromatic carbocycles. The Morgan fingerprint density at radius 1 is 1.03 bits per heavy atom. The number of amides is 1. The van der Waals surface area contributed by atoms with E-state index in [1.807, 2.05) is 35.9 Å². The van der Waals surface area contributed by atoms with Gasteiger partial charge in [-0.2, -0.15) is 0 Å². The van der Waals surface area contributed by atoms with E-state index >= 15 is 0 Å². The Morgan fingerprint density at radius 3 is 2.39 bits per heavy atom. The van der Waals surface area contributed by atoms with Crippen LogP contribution >= 0.6 is 11.8 Å². The largest absolute Gasteiger partial charge is 0.452 e. The van der Waals surface area contributed by atoms with Crippen LogP contribution in [0.2, 0.25) is 0 Å². The fourth-order valence-electron chi connectivity index (χ4n) is 4.15. The average Bonchev–Trinajstić information content (AvgIpc) is 3.24. The topological polar surface area (TPSA) is 77.3 Å². The molecule has 1 aromatic heterocycles. The van der Waals surface area contributed by atoms with Crippen LogP contribution in [0.4, 0.5) is 0 Å². The van der Waals surface area contributed by atoms with Gasteiger partial charge in [-0.15, -0.1) is 10.2 Å². The zero-order valence-corrected chi connectivity index (χ0v) is 19.8. The van der Waals surface area contributed by atoms with Gasteiger partial charge in [0.25, 0.3) is 5.91 Å². The molecular formula is C25H28N4O3S. The number of thioether (sulfide) groups is 1. The SMILES string of the molecule is CSc1nnc(C)n1-c1ccc(C(=O)OCC(=O)N2CCC(Cc3ccccc3)CC2)cc1. The molecule has 0 bridgehead atoms. The van der Waals surface area contributed by atoms with Gasteiger partial charge >= 0.3 is 5.97 Å². The number of hydrogen-bond donors (Lipinski definition) is 0. The lowest BCUT2D eigenvalue weighted by molar-refractivity contribution is -0.135. The first-order valence-electron chi connectivity index (χ1n) is 11.1. The van der Waals surface area contributed by atoms with E-state index in [2.05, 4.69) is 34.5 Å². The molecule has 8 heteroatoms. The van der Waals surface area contributed by atoms with Gasteiger partial charge in [0, 0.05) is 18.8 Å². The number of likely N-dealkylation sites (tertiary alicyclic amines) is 1. The van der Waals surface area contributed by atoms with E-state index < -0.39 is 5.97 Å². The lowest BCUT2D eigenvalue weighted by Gasteiger charge is -2.32. The number of aryl methyl sites for hydroxylation is 1. The quantitative estimate of drug-likeness (QED) is 0.389. The summed E-state index contributed by atoms with van der Waals surface area (Å²) in [7, 11) is 0. The van der Waals surface area contributed by atoms with E-state index in [9.17, 15) is 9.59 Å². The molecule has 4 rings (SSSR count). The third-order valence-electron chi connectivity index (χ3n) is 6.00. The first-order chi connectivity index (χ1) is 16.0. The molecule has 1 aliphatic heterocycles. The maximum absolute atomic E-state index is 12.5. The number of nitrogens with zero attached hydrogens (tertiary/aromatic N) is 4. The van der Waals surface area contributed by atoms with Crippen LogP contribution in [0.1, 0.15) is 34.6 Å². The molecule has 1 amide bonds. The van der Waals surface area contributed by atoms with Crippen molar-refractivity contribution in [2.24, 2.45) is 5.92 Å². The van der Waals surface area contributed by atoms with Crippen molar-refractivity contribution < 1.29 is 14.3 Å². The molecular weight excluding hydrogens is 436 g/mol. The smallest absolute Gasteiger partial charge is 0.338 e. The molecule has 0 atom stereocenters. The number of carbonyl (C=O) groups excluding carboxylic acids is 2. The molecule has 0 N–H and O–H groups in total. The number of piperidine rings is 1. The van der Waals surface area contributed by atoms with E-state index in [0.717, 1.165) is 35.9 Å². The van der Waals surface area contributed by atoms with Crippen LogP contribution in [-0.2, 0) is 16.0 Å². The van der Waals surface area contributed by atoms with Crippen molar-refractivity contribution in [2.75, 3.05) is 26.0 Å². The summed E-state index contributed by atoms with van der Waals surface area (Å²) < 4.78 is 7.22. The number of esters is 1. The summed E-state index contributed by atoms with van der Waals surface area (Å²) >= 11 is 1.50. The molecule has 1 aliphatic rings. The summed E-state index contributed by atoms with van der Waals surface area (Å²) in [5.74, 6) is 0.716. The van der Waals surface area contributed by atoms with Crippen molar-refractivity contribution in [3.8, 4) is 5.69 Å². The molecule has 0 radical (unpaired) electrons. The molecule has 0 unspecified atom stereocenters. The molecule has 1 fully saturated rings. The maximum Gasteiger partial charge on any atom is 0.338 e. The maximum atomic E-state index is 12.5. The molecule has 3 aromatic rings.